The number of pyridine rings is 1. The first kappa shape index (κ1) is 17.8. The van der Waals surface area contributed by atoms with Crippen LogP contribution in [0.4, 0.5) is 11.5 Å². The first-order chi connectivity index (χ1) is 13.5. The highest BCUT2D eigenvalue weighted by molar-refractivity contribution is 9.10. The molecule has 0 saturated carbocycles. The second-order valence-corrected chi connectivity index (χ2v) is 7.41. The molecule has 136 valence electrons. The second-order valence-electron chi connectivity index (χ2n) is 6.55. The van der Waals surface area contributed by atoms with Gasteiger partial charge in [0.1, 0.15) is 29.1 Å². The normalized spacial score (nSPS) is 10.8. The van der Waals surface area contributed by atoms with Crippen LogP contribution in [0, 0.1) is 22.7 Å². The van der Waals surface area contributed by atoms with Crippen LogP contribution in [0.2, 0.25) is 0 Å². The largest absolute Gasteiger partial charge is 0.384 e. The maximum atomic E-state index is 9.95. The highest BCUT2D eigenvalue weighted by atomic mass is 79.9. The monoisotopic (exact) mass is 430 g/mol. The molecule has 7 heteroatoms. The molecule has 0 aliphatic carbocycles. The van der Waals surface area contributed by atoms with E-state index < -0.39 is 0 Å². The van der Waals surface area contributed by atoms with Gasteiger partial charge in [-0.2, -0.15) is 10.5 Å². The molecule has 28 heavy (non-hydrogen) atoms. The second kappa shape index (κ2) is 6.56. The quantitative estimate of drug-likeness (QED) is 0.511. The van der Waals surface area contributed by atoms with Crippen molar-refractivity contribution in [1.82, 2.24) is 9.38 Å². The minimum atomic E-state index is 0.261. The van der Waals surface area contributed by atoms with Crippen molar-refractivity contribution in [3.05, 3.63) is 58.1 Å². The van der Waals surface area contributed by atoms with Gasteiger partial charge < -0.3 is 10.6 Å². The average molecular weight is 431 g/mol. The minimum absolute atomic E-state index is 0.261. The molecule has 0 spiro atoms. The van der Waals surface area contributed by atoms with Gasteiger partial charge in [0.2, 0.25) is 0 Å². The van der Waals surface area contributed by atoms with Crippen LogP contribution < -0.4 is 10.6 Å². The first-order valence-corrected chi connectivity index (χ1v) is 9.27. The van der Waals surface area contributed by atoms with E-state index in [-0.39, 0.29) is 11.4 Å². The third kappa shape index (κ3) is 2.49. The van der Waals surface area contributed by atoms with Gasteiger partial charge in [0.15, 0.2) is 5.65 Å². The van der Waals surface area contributed by atoms with Gasteiger partial charge in [-0.3, -0.25) is 4.40 Å². The molecule has 0 aliphatic rings. The molecule has 0 amide bonds. The van der Waals surface area contributed by atoms with Crippen molar-refractivity contribution in [1.29, 1.82) is 10.5 Å². The Morgan fingerprint density at radius 1 is 1.07 bits per heavy atom. The Kier molecular flexibility index (Phi) is 4.18. The molecule has 0 aliphatic heterocycles. The number of nitrogens with zero attached hydrogens (tertiary/aromatic N) is 5. The molecule has 0 radical (unpaired) electrons. The molecular weight excluding hydrogens is 416 g/mol. The number of imidazole rings is 1. The molecule has 6 nitrogen and oxygen atoms in total. The van der Waals surface area contributed by atoms with E-state index in [4.69, 9.17) is 5.73 Å². The van der Waals surface area contributed by atoms with Crippen molar-refractivity contribution in [2.75, 3.05) is 24.7 Å². The zero-order chi connectivity index (χ0) is 20.0. The van der Waals surface area contributed by atoms with Crippen molar-refractivity contribution in [3.8, 4) is 23.3 Å². The van der Waals surface area contributed by atoms with E-state index in [2.05, 4.69) is 33.1 Å². The molecule has 4 aromatic rings. The summed E-state index contributed by atoms with van der Waals surface area (Å²) < 4.78 is 2.54. The topological polar surface area (TPSA) is 94.1 Å². The predicted octanol–water partition coefficient (Wildman–Crippen LogP) is 4.31. The summed E-state index contributed by atoms with van der Waals surface area (Å²) in [4.78, 5) is 6.58. The summed E-state index contributed by atoms with van der Waals surface area (Å²) in [7, 11) is 3.89. The molecule has 4 rings (SSSR count). The van der Waals surface area contributed by atoms with E-state index in [9.17, 15) is 10.5 Å². The number of fused-ring (bicyclic) bond motifs is 3. The SMILES string of the molecule is CN(C)c1ccc(-c2c(C#N)c(N)n3c(nc4ccccc43)c2C#N)cc1Br. The number of aromatic nitrogens is 2. The van der Waals surface area contributed by atoms with Crippen LogP contribution in [0.1, 0.15) is 11.1 Å². The number of hydrogen-bond donors (Lipinski definition) is 1. The number of hydrogen-bond acceptors (Lipinski definition) is 5. The van der Waals surface area contributed by atoms with Gasteiger partial charge in [-0.25, -0.2) is 4.98 Å². The van der Waals surface area contributed by atoms with Gasteiger partial charge in [0.25, 0.3) is 0 Å². The lowest BCUT2D eigenvalue weighted by Crippen LogP contribution is -2.09. The van der Waals surface area contributed by atoms with Gasteiger partial charge >= 0.3 is 0 Å². The number of rotatable bonds is 2. The highest BCUT2D eigenvalue weighted by Crippen LogP contribution is 2.38. The van der Waals surface area contributed by atoms with Crippen molar-refractivity contribution in [2.24, 2.45) is 0 Å². The summed E-state index contributed by atoms with van der Waals surface area (Å²) in [6.45, 7) is 0. The predicted molar refractivity (Wildman–Crippen MR) is 114 cm³/mol. The first-order valence-electron chi connectivity index (χ1n) is 8.48. The van der Waals surface area contributed by atoms with E-state index in [0.29, 0.717) is 16.8 Å². The van der Waals surface area contributed by atoms with Crippen LogP contribution in [-0.2, 0) is 0 Å². The molecule has 0 fully saturated rings. The molecule has 0 unspecified atom stereocenters. The van der Waals surface area contributed by atoms with Gasteiger partial charge in [0, 0.05) is 24.1 Å². The van der Waals surface area contributed by atoms with Crippen molar-refractivity contribution in [3.63, 3.8) is 0 Å². The Morgan fingerprint density at radius 3 is 2.43 bits per heavy atom. The fourth-order valence-electron chi connectivity index (χ4n) is 3.45. The molecular formula is C21H15BrN6. The van der Waals surface area contributed by atoms with E-state index in [1.54, 1.807) is 4.40 Å². The minimum Gasteiger partial charge on any atom is -0.384 e. The molecule has 2 aromatic carbocycles. The lowest BCUT2D eigenvalue weighted by molar-refractivity contribution is 1.12. The molecule has 2 aromatic heterocycles. The fourth-order valence-corrected chi connectivity index (χ4v) is 4.18. The van der Waals surface area contributed by atoms with E-state index in [0.717, 1.165) is 26.8 Å². The fraction of sp³-hybridized carbons (Fsp3) is 0.0952. The Morgan fingerprint density at radius 2 is 1.79 bits per heavy atom. The van der Waals surface area contributed by atoms with Crippen LogP contribution >= 0.6 is 15.9 Å². The van der Waals surface area contributed by atoms with Crippen molar-refractivity contribution < 1.29 is 0 Å². The Balaban J connectivity index is 2.15. The molecule has 0 bridgehead atoms. The summed E-state index contributed by atoms with van der Waals surface area (Å²) in [5, 5.41) is 19.8. The van der Waals surface area contributed by atoms with Gasteiger partial charge in [-0.1, -0.05) is 18.2 Å². The number of nitrogen functional groups attached to an aromatic ring is 1. The summed E-state index contributed by atoms with van der Waals surface area (Å²) in [6.07, 6.45) is 0. The zero-order valence-corrected chi connectivity index (χ0v) is 16.8. The maximum absolute atomic E-state index is 9.95. The van der Waals surface area contributed by atoms with Crippen molar-refractivity contribution >= 4 is 44.1 Å². The van der Waals surface area contributed by atoms with Crippen LogP contribution in [0.15, 0.2) is 46.9 Å². The van der Waals surface area contributed by atoms with E-state index in [1.807, 2.05) is 61.5 Å². The van der Waals surface area contributed by atoms with E-state index in [1.165, 1.54) is 0 Å². The zero-order valence-electron chi connectivity index (χ0n) is 15.2. The number of halogens is 1. The molecule has 0 atom stereocenters. The van der Waals surface area contributed by atoms with Crippen LogP contribution in [-0.4, -0.2) is 23.5 Å². The molecule has 2 N–H and O–H groups in total. The standard InChI is InChI=1S/C21H15BrN6/c1-27(2)17-8-7-12(9-15(17)22)19-13(10-23)20(25)28-18-6-4-3-5-16(18)26-21(28)14(19)11-24/h3-9H,25H2,1-2H3. The number of anilines is 2. The Labute approximate surface area is 170 Å². The van der Waals surface area contributed by atoms with Gasteiger partial charge in [-0.05, 0) is 45.8 Å². The average Bonchev–Trinajstić information content (AvgIpc) is 3.07. The van der Waals surface area contributed by atoms with Crippen LogP contribution in [0.3, 0.4) is 0 Å². The lowest BCUT2D eigenvalue weighted by atomic mass is 9.96. The van der Waals surface area contributed by atoms with Crippen molar-refractivity contribution in [2.45, 2.75) is 0 Å². The number of benzene rings is 2. The summed E-state index contributed by atoms with van der Waals surface area (Å²) in [5.74, 6) is 0.271. The van der Waals surface area contributed by atoms with Gasteiger partial charge in [0.05, 0.1) is 16.7 Å². The third-order valence-corrected chi connectivity index (χ3v) is 5.36. The van der Waals surface area contributed by atoms with Crippen LogP contribution in [0.5, 0.6) is 0 Å². The Hall–Kier alpha value is -3.55. The third-order valence-electron chi connectivity index (χ3n) is 4.72. The summed E-state index contributed by atoms with van der Waals surface area (Å²) in [6, 6.07) is 17.6. The number of para-hydroxylation sites is 2. The maximum Gasteiger partial charge on any atom is 0.158 e. The summed E-state index contributed by atoms with van der Waals surface area (Å²) >= 11 is 3.57. The molecule has 0 saturated heterocycles. The lowest BCUT2D eigenvalue weighted by Gasteiger charge is -2.17. The number of nitriles is 2. The smallest absolute Gasteiger partial charge is 0.158 e. The van der Waals surface area contributed by atoms with Crippen LogP contribution in [0.25, 0.3) is 27.8 Å². The molecule has 2 heterocycles. The Bertz CT molecular complexity index is 1340. The van der Waals surface area contributed by atoms with Gasteiger partial charge in [-0.15, -0.1) is 0 Å². The summed E-state index contributed by atoms with van der Waals surface area (Å²) in [5.41, 5.74) is 11.1. The van der Waals surface area contributed by atoms with E-state index >= 15 is 0 Å². The highest BCUT2D eigenvalue weighted by Gasteiger charge is 2.23. The number of nitrogens with two attached hydrogens (primary N) is 1.